The van der Waals surface area contributed by atoms with Gasteiger partial charge in [-0.3, -0.25) is 14.7 Å². The topological polar surface area (TPSA) is 68.8 Å². The molecule has 2 heterocycles. The lowest BCUT2D eigenvalue weighted by Crippen LogP contribution is -2.41. The summed E-state index contributed by atoms with van der Waals surface area (Å²) >= 11 is 0. The van der Waals surface area contributed by atoms with Crippen LogP contribution in [0.5, 0.6) is 0 Å². The number of carbonyl (C=O) groups is 1. The number of hydrogen-bond donors (Lipinski definition) is 3. The van der Waals surface area contributed by atoms with Crippen LogP contribution < -0.4 is 16.0 Å². The van der Waals surface area contributed by atoms with Crippen molar-refractivity contribution in [2.45, 2.75) is 31.7 Å². The van der Waals surface area contributed by atoms with Crippen LogP contribution in [-0.4, -0.2) is 50.0 Å². The van der Waals surface area contributed by atoms with Crippen LogP contribution in [0.3, 0.4) is 0 Å². The number of nitrogens with one attached hydrogen (secondary N) is 3. The average molecular weight is 406 g/mol. The molecule has 3 N–H and O–H groups in total. The fraction of sp³-hybridized carbons (Fsp3) is 0.417. The second-order valence-corrected chi connectivity index (χ2v) is 8.06. The van der Waals surface area contributed by atoms with Gasteiger partial charge in [0.25, 0.3) is 0 Å². The van der Waals surface area contributed by atoms with Crippen LogP contribution in [0.15, 0.2) is 53.5 Å². The molecule has 0 radical (unpaired) electrons. The number of rotatable bonds is 6. The molecule has 2 aromatic rings. The lowest BCUT2D eigenvalue weighted by Gasteiger charge is -2.29. The monoisotopic (exact) mass is 405 g/mol. The van der Waals surface area contributed by atoms with Gasteiger partial charge in [0, 0.05) is 57.8 Å². The largest absolute Gasteiger partial charge is 0.356 e. The molecule has 1 amide bonds. The summed E-state index contributed by atoms with van der Waals surface area (Å²) in [5.41, 5.74) is 5.07. The van der Waals surface area contributed by atoms with Gasteiger partial charge in [-0.1, -0.05) is 42.5 Å². The van der Waals surface area contributed by atoms with Crippen LogP contribution in [0.2, 0.25) is 0 Å². The SMILES string of the molecule is CN=C(NCCCN1CCc2ccccc2C1)NCC1CC(=O)Nc2ccccc21. The van der Waals surface area contributed by atoms with E-state index >= 15 is 0 Å². The molecule has 0 aromatic heterocycles. The highest BCUT2D eigenvalue weighted by atomic mass is 16.1. The van der Waals surface area contributed by atoms with Gasteiger partial charge in [0.15, 0.2) is 5.96 Å². The molecule has 2 aliphatic rings. The van der Waals surface area contributed by atoms with Gasteiger partial charge in [0.2, 0.25) is 5.91 Å². The zero-order chi connectivity index (χ0) is 20.8. The first-order valence-electron chi connectivity index (χ1n) is 10.9. The maximum absolute atomic E-state index is 12.0. The van der Waals surface area contributed by atoms with E-state index in [1.54, 1.807) is 7.05 Å². The summed E-state index contributed by atoms with van der Waals surface area (Å²) in [6.07, 6.45) is 2.71. The smallest absolute Gasteiger partial charge is 0.225 e. The Labute approximate surface area is 178 Å². The Morgan fingerprint density at radius 1 is 1.13 bits per heavy atom. The minimum Gasteiger partial charge on any atom is -0.356 e. The normalized spacial score (nSPS) is 18.9. The molecule has 0 spiro atoms. The van der Waals surface area contributed by atoms with Gasteiger partial charge in [0.05, 0.1) is 0 Å². The number of benzene rings is 2. The third kappa shape index (κ3) is 5.00. The van der Waals surface area contributed by atoms with Gasteiger partial charge >= 0.3 is 0 Å². The highest BCUT2D eigenvalue weighted by molar-refractivity contribution is 5.94. The molecule has 158 valence electrons. The first-order valence-corrected chi connectivity index (χ1v) is 10.9. The molecule has 6 nitrogen and oxygen atoms in total. The number of aliphatic imine (C=N–C) groups is 1. The molecule has 4 rings (SSSR count). The number of para-hydroxylation sites is 1. The maximum atomic E-state index is 12.0. The van der Waals surface area contributed by atoms with Gasteiger partial charge < -0.3 is 16.0 Å². The van der Waals surface area contributed by atoms with Gasteiger partial charge in [-0.05, 0) is 35.6 Å². The number of anilines is 1. The summed E-state index contributed by atoms with van der Waals surface area (Å²) in [5, 5.41) is 9.77. The molecular formula is C24H31N5O. The number of nitrogens with zero attached hydrogens (tertiary/aromatic N) is 2. The summed E-state index contributed by atoms with van der Waals surface area (Å²) in [5.74, 6) is 1.02. The highest BCUT2D eigenvalue weighted by Crippen LogP contribution is 2.31. The molecule has 0 aliphatic carbocycles. The fourth-order valence-electron chi connectivity index (χ4n) is 4.38. The second-order valence-electron chi connectivity index (χ2n) is 8.06. The molecule has 2 aromatic carbocycles. The first-order chi connectivity index (χ1) is 14.7. The Hall–Kier alpha value is -2.86. The second kappa shape index (κ2) is 9.76. The molecule has 2 aliphatic heterocycles. The molecule has 6 heteroatoms. The van der Waals surface area contributed by atoms with E-state index in [1.807, 2.05) is 18.2 Å². The van der Waals surface area contributed by atoms with Crippen molar-refractivity contribution >= 4 is 17.6 Å². The minimum absolute atomic E-state index is 0.0755. The van der Waals surface area contributed by atoms with E-state index < -0.39 is 0 Å². The first kappa shape index (κ1) is 20.4. The Morgan fingerprint density at radius 2 is 1.93 bits per heavy atom. The van der Waals surface area contributed by atoms with Crippen molar-refractivity contribution in [3.63, 3.8) is 0 Å². The fourth-order valence-corrected chi connectivity index (χ4v) is 4.38. The molecule has 0 saturated carbocycles. The van der Waals surface area contributed by atoms with E-state index in [4.69, 9.17) is 0 Å². The minimum atomic E-state index is 0.0755. The van der Waals surface area contributed by atoms with E-state index in [2.05, 4.69) is 56.2 Å². The van der Waals surface area contributed by atoms with Crippen molar-refractivity contribution in [1.29, 1.82) is 0 Å². The molecule has 1 atom stereocenters. The average Bonchev–Trinajstić information content (AvgIpc) is 2.78. The van der Waals surface area contributed by atoms with Crippen molar-refractivity contribution in [2.24, 2.45) is 4.99 Å². The Balaban J connectivity index is 1.20. The number of fused-ring (bicyclic) bond motifs is 2. The molecule has 30 heavy (non-hydrogen) atoms. The number of hydrogen-bond acceptors (Lipinski definition) is 3. The zero-order valence-electron chi connectivity index (χ0n) is 17.7. The highest BCUT2D eigenvalue weighted by Gasteiger charge is 2.24. The van der Waals surface area contributed by atoms with Crippen molar-refractivity contribution in [2.75, 3.05) is 38.5 Å². The van der Waals surface area contributed by atoms with E-state index in [-0.39, 0.29) is 11.8 Å². The Morgan fingerprint density at radius 3 is 2.80 bits per heavy atom. The van der Waals surface area contributed by atoms with Crippen molar-refractivity contribution in [3.8, 4) is 0 Å². The van der Waals surface area contributed by atoms with E-state index in [0.29, 0.717) is 13.0 Å². The summed E-state index contributed by atoms with van der Waals surface area (Å²) < 4.78 is 0. The molecule has 1 unspecified atom stereocenters. The predicted molar refractivity (Wildman–Crippen MR) is 122 cm³/mol. The van der Waals surface area contributed by atoms with Crippen LogP contribution in [0.4, 0.5) is 5.69 Å². The number of carbonyl (C=O) groups excluding carboxylic acids is 1. The van der Waals surface area contributed by atoms with Gasteiger partial charge in [-0.15, -0.1) is 0 Å². The van der Waals surface area contributed by atoms with Gasteiger partial charge in [-0.2, -0.15) is 0 Å². The van der Waals surface area contributed by atoms with Crippen molar-refractivity contribution in [3.05, 3.63) is 65.2 Å². The van der Waals surface area contributed by atoms with Crippen LogP contribution in [0, 0.1) is 0 Å². The van der Waals surface area contributed by atoms with Crippen LogP contribution in [0.25, 0.3) is 0 Å². The molecular weight excluding hydrogens is 374 g/mol. The van der Waals surface area contributed by atoms with E-state index in [1.165, 1.54) is 16.7 Å². The Kier molecular flexibility index (Phi) is 6.64. The molecule has 0 fully saturated rings. The van der Waals surface area contributed by atoms with Crippen LogP contribution >= 0.6 is 0 Å². The third-order valence-corrected chi connectivity index (χ3v) is 6.00. The van der Waals surface area contributed by atoms with Crippen molar-refractivity contribution < 1.29 is 4.79 Å². The number of guanidine groups is 1. The summed E-state index contributed by atoms with van der Waals surface area (Å²) in [6, 6.07) is 16.8. The summed E-state index contributed by atoms with van der Waals surface area (Å²) in [6.45, 7) is 4.82. The number of amides is 1. The lowest BCUT2D eigenvalue weighted by atomic mass is 9.90. The summed E-state index contributed by atoms with van der Waals surface area (Å²) in [7, 11) is 1.79. The quantitative estimate of drug-likeness (QED) is 0.393. The third-order valence-electron chi connectivity index (χ3n) is 6.00. The molecule has 0 saturated heterocycles. The standard InChI is InChI=1S/C24H31N5O/c1-25-24(27-16-20-15-23(30)28-22-10-5-4-9-21(20)22)26-12-6-13-29-14-11-18-7-2-3-8-19(18)17-29/h2-5,7-10,20H,6,11-17H2,1H3,(H,28,30)(H2,25,26,27). The Bertz CT molecular complexity index is 910. The van der Waals surface area contributed by atoms with Crippen molar-refractivity contribution in [1.82, 2.24) is 15.5 Å². The lowest BCUT2D eigenvalue weighted by molar-refractivity contribution is -0.116. The summed E-state index contributed by atoms with van der Waals surface area (Å²) in [4.78, 5) is 18.9. The van der Waals surface area contributed by atoms with Gasteiger partial charge in [0.1, 0.15) is 0 Å². The predicted octanol–water partition coefficient (Wildman–Crippen LogP) is 2.73. The van der Waals surface area contributed by atoms with Crippen LogP contribution in [-0.2, 0) is 17.8 Å². The van der Waals surface area contributed by atoms with Gasteiger partial charge in [-0.25, -0.2) is 0 Å². The van der Waals surface area contributed by atoms with E-state index in [9.17, 15) is 4.79 Å². The van der Waals surface area contributed by atoms with Crippen LogP contribution in [0.1, 0.15) is 35.4 Å². The van der Waals surface area contributed by atoms with E-state index in [0.717, 1.165) is 50.7 Å². The zero-order valence-corrected chi connectivity index (χ0v) is 17.7. The molecule has 0 bridgehead atoms. The maximum Gasteiger partial charge on any atom is 0.225 e.